The van der Waals surface area contributed by atoms with Crippen LogP contribution in [0.5, 0.6) is 0 Å². The molecule has 1 aliphatic carbocycles. The third kappa shape index (κ3) is 6.11. The van der Waals surface area contributed by atoms with Crippen molar-refractivity contribution in [1.29, 1.82) is 5.26 Å². The number of halogens is 1. The molecule has 4 rings (SSSR count). The van der Waals surface area contributed by atoms with Gasteiger partial charge in [0.25, 0.3) is 0 Å². The Morgan fingerprint density at radius 3 is 2.42 bits per heavy atom. The summed E-state index contributed by atoms with van der Waals surface area (Å²) in [6.07, 6.45) is 10.4. The fraction of sp³-hybridized carbons (Fsp3) is 0.423. The molecule has 1 saturated carbocycles. The molecule has 2 heterocycles. The monoisotopic (exact) mass is 485 g/mol. The van der Waals surface area contributed by atoms with Gasteiger partial charge in [-0.25, -0.2) is 0 Å². The summed E-state index contributed by atoms with van der Waals surface area (Å²) in [6, 6.07) is 6.89. The van der Waals surface area contributed by atoms with Crippen molar-refractivity contribution in [2.24, 2.45) is 11.7 Å². The summed E-state index contributed by atoms with van der Waals surface area (Å²) in [5.41, 5.74) is 15.6. The summed E-state index contributed by atoms with van der Waals surface area (Å²) >= 11 is 10.3. The first-order valence-corrected chi connectivity index (χ1v) is 12.3. The molecular formula is C26H36ClN5S. The summed E-state index contributed by atoms with van der Waals surface area (Å²) in [5, 5.41) is 11.0. The maximum Gasteiger partial charge on any atom is 0.0994 e. The fourth-order valence-corrected chi connectivity index (χ4v) is 4.46. The number of pyridine rings is 1. The average Bonchev–Trinajstić information content (AvgIpc) is 3.18. The van der Waals surface area contributed by atoms with Crippen LogP contribution < -0.4 is 11.5 Å². The SMILES string of the molecule is C=S.CC.CCCC1CC(n2cc(-c3cncc(N)c3Cl)c3cc(C#N)c(C)cc32)C1.CN. The number of rotatable bonds is 4. The number of nitrogen functional groups attached to an aromatic ring is 1. The number of aromatic nitrogens is 2. The highest BCUT2D eigenvalue weighted by molar-refractivity contribution is 7.77. The standard InChI is InChI=1S/C22H23ClN4.C2H6.CH5N.CH2S/c1-3-4-14-6-16(7-14)27-12-19(18-10-26-11-20(25)22(18)23)17-8-15(9-24)13(2)5-21(17)27;3*1-2/h5,8,10-12,14,16H,3-4,6-7,25H2,1-2H3;1-2H3;2H2,1H3;1H2. The number of nitrogens with two attached hydrogens (primary N) is 2. The number of hydrogen-bond acceptors (Lipinski definition) is 5. The Balaban J connectivity index is 0.000000841. The second-order valence-electron chi connectivity index (χ2n) is 7.62. The highest BCUT2D eigenvalue weighted by atomic mass is 35.5. The molecule has 4 N–H and O–H groups in total. The van der Waals surface area contributed by atoms with Gasteiger partial charge in [-0.3, -0.25) is 4.98 Å². The highest BCUT2D eigenvalue weighted by Gasteiger charge is 2.31. The van der Waals surface area contributed by atoms with Gasteiger partial charge in [0.05, 0.1) is 28.5 Å². The van der Waals surface area contributed by atoms with Gasteiger partial charge in [-0.05, 0) is 56.3 Å². The number of anilines is 1. The molecule has 0 aliphatic heterocycles. The third-order valence-corrected chi connectivity index (χ3v) is 6.22. The predicted octanol–water partition coefficient (Wildman–Crippen LogP) is 7.09. The minimum Gasteiger partial charge on any atom is -0.396 e. The Morgan fingerprint density at radius 1 is 1.21 bits per heavy atom. The summed E-state index contributed by atoms with van der Waals surface area (Å²) in [7, 11) is 1.50. The van der Waals surface area contributed by atoms with Gasteiger partial charge in [0.15, 0.2) is 0 Å². The van der Waals surface area contributed by atoms with Crippen molar-refractivity contribution in [3.63, 3.8) is 0 Å². The van der Waals surface area contributed by atoms with Crippen molar-refractivity contribution in [3.8, 4) is 17.2 Å². The summed E-state index contributed by atoms with van der Waals surface area (Å²) in [5.74, 6) is 3.65. The van der Waals surface area contributed by atoms with Crippen molar-refractivity contribution in [2.75, 3.05) is 12.8 Å². The Kier molecular flexibility index (Phi) is 12.1. The molecule has 1 fully saturated rings. The molecule has 1 aliphatic rings. The van der Waals surface area contributed by atoms with Crippen molar-refractivity contribution >= 4 is 46.3 Å². The van der Waals surface area contributed by atoms with E-state index < -0.39 is 0 Å². The van der Waals surface area contributed by atoms with E-state index in [4.69, 9.17) is 17.3 Å². The fourth-order valence-electron chi connectivity index (χ4n) is 4.26. The molecular weight excluding hydrogens is 450 g/mol. The largest absolute Gasteiger partial charge is 0.396 e. The summed E-state index contributed by atoms with van der Waals surface area (Å²) < 4.78 is 2.37. The van der Waals surface area contributed by atoms with Gasteiger partial charge in [-0.1, -0.05) is 57.4 Å². The van der Waals surface area contributed by atoms with Crippen molar-refractivity contribution < 1.29 is 0 Å². The van der Waals surface area contributed by atoms with Crippen LogP contribution in [0.3, 0.4) is 0 Å². The highest BCUT2D eigenvalue weighted by Crippen LogP contribution is 2.45. The predicted molar refractivity (Wildman–Crippen MR) is 147 cm³/mol. The second-order valence-corrected chi connectivity index (χ2v) is 7.99. The molecule has 178 valence electrons. The maximum atomic E-state index is 9.49. The first-order valence-electron chi connectivity index (χ1n) is 11.3. The van der Waals surface area contributed by atoms with Crippen molar-refractivity contribution in [3.05, 3.63) is 46.9 Å². The van der Waals surface area contributed by atoms with Gasteiger partial charge in [0.2, 0.25) is 0 Å². The minimum atomic E-state index is 0.467. The molecule has 0 radical (unpaired) electrons. The average molecular weight is 486 g/mol. The Labute approximate surface area is 208 Å². The zero-order chi connectivity index (χ0) is 25.1. The Bertz CT molecular complexity index is 1080. The lowest BCUT2D eigenvalue weighted by molar-refractivity contribution is 0.190. The molecule has 5 nitrogen and oxygen atoms in total. The van der Waals surface area contributed by atoms with Crippen LogP contribution in [0.25, 0.3) is 22.0 Å². The van der Waals surface area contributed by atoms with Crippen molar-refractivity contribution in [2.45, 2.75) is 59.4 Å². The molecule has 0 atom stereocenters. The van der Waals surface area contributed by atoms with E-state index in [0.717, 1.165) is 33.5 Å². The number of benzene rings is 1. The van der Waals surface area contributed by atoms with Crippen LogP contribution in [0, 0.1) is 24.2 Å². The smallest absolute Gasteiger partial charge is 0.0994 e. The van der Waals surface area contributed by atoms with Gasteiger partial charge in [-0.2, -0.15) is 5.26 Å². The maximum absolute atomic E-state index is 9.49. The van der Waals surface area contributed by atoms with E-state index in [9.17, 15) is 5.26 Å². The second kappa shape index (κ2) is 13.9. The van der Waals surface area contributed by atoms with Gasteiger partial charge >= 0.3 is 0 Å². The lowest BCUT2D eigenvalue weighted by Gasteiger charge is -2.37. The normalized spacial score (nSPS) is 16.1. The van der Waals surface area contributed by atoms with Crippen LogP contribution in [0.15, 0.2) is 30.7 Å². The molecule has 2 aromatic heterocycles. The number of fused-ring (bicyclic) bond motifs is 1. The number of hydrogen-bond donors (Lipinski definition) is 2. The molecule has 7 heteroatoms. The van der Waals surface area contributed by atoms with Crippen LogP contribution in [0.4, 0.5) is 5.69 Å². The molecule has 0 spiro atoms. The van der Waals surface area contributed by atoms with E-state index in [2.05, 4.69) is 58.6 Å². The third-order valence-electron chi connectivity index (χ3n) is 5.80. The van der Waals surface area contributed by atoms with Crippen LogP contribution in [-0.4, -0.2) is 22.5 Å². The summed E-state index contributed by atoms with van der Waals surface area (Å²) in [6.45, 7) is 8.24. The topological polar surface area (TPSA) is 93.6 Å². The molecule has 0 unspecified atom stereocenters. The first-order chi connectivity index (χ1) is 16.0. The zero-order valence-corrected chi connectivity index (χ0v) is 21.9. The van der Waals surface area contributed by atoms with E-state index in [1.807, 2.05) is 26.8 Å². The Hall–Kier alpha value is -2.46. The first kappa shape index (κ1) is 28.6. The molecule has 3 aromatic rings. The number of nitriles is 1. The Morgan fingerprint density at radius 2 is 1.85 bits per heavy atom. The zero-order valence-electron chi connectivity index (χ0n) is 20.4. The van der Waals surface area contributed by atoms with Crippen LogP contribution in [-0.2, 0) is 0 Å². The lowest BCUT2D eigenvalue weighted by Crippen LogP contribution is -2.26. The molecule has 1 aromatic carbocycles. The minimum absolute atomic E-state index is 0.467. The van der Waals surface area contributed by atoms with E-state index in [1.54, 1.807) is 12.4 Å². The van der Waals surface area contributed by atoms with Crippen LogP contribution in [0.1, 0.15) is 63.6 Å². The van der Waals surface area contributed by atoms with Gasteiger partial charge in [0, 0.05) is 40.5 Å². The number of aryl methyl sites for hydroxylation is 1. The van der Waals surface area contributed by atoms with Crippen molar-refractivity contribution in [1.82, 2.24) is 9.55 Å². The lowest BCUT2D eigenvalue weighted by atomic mass is 9.77. The van der Waals surface area contributed by atoms with E-state index in [-0.39, 0.29) is 0 Å². The molecule has 0 bridgehead atoms. The number of nitrogens with zero attached hydrogens (tertiary/aromatic N) is 3. The van der Waals surface area contributed by atoms with Gasteiger partial charge in [0.1, 0.15) is 0 Å². The van der Waals surface area contributed by atoms with E-state index in [1.165, 1.54) is 32.7 Å². The van der Waals surface area contributed by atoms with Gasteiger partial charge in [-0.15, -0.1) is 0 Å². The molecule has 0 saturated heterocycles. The quantitative estimate of drug-likeness (QED) is 0.384. The van der Waals surface area contributed by atoms with E-state index in [0.29, 0.717) is 22.3 Å². The van der Waals surface area contributed by atoms with E-state index >= 15 is 0 Å². The van der Waals surface area contributed by atoms with Crippen LogP contribution >= 0.6 is 23.8 Å². The molecule has 33 heavy (non-hydrogen) atoms. The summed E-state index contributed by atoms with van der Waals surface area (Å²) in [4.78, 5) is 4.23. The number of thiocarbonyl (C=S) groups is 1. The molecule has 0 amide bonds. The van der Waals surface area contributed by atoms with Gasteiger partial charge < -0.3 is 16.0 Å². The van der Waals surface area contributed by atoms with Crippen LogP contribution in [0.2, 0.25) is 5.02 Å².